The Bertz CT molecular complexity index is 2750. The largest absolute Gasteiger partial charge is 0.493 e. The highest BCUT2D eigenvalue weighted by molar-refractivity contribution is 14.0. The third-order valence-corrected chi connectivity index (χ3v) is 10.8. The van der Waals surface area contributed by atoms with Crippen molar-refractivity contribution in [3.63, 3.8) is 0 Å². The Balaban J connectivity index is 0.000000205. The van der Waals surface area contributed by atoms with Gasteiger partial charge >= 0.3 is 7.12 Å². The van der Waals surface area contributed by atoms with Gasteiger partial charge in [0.25, 0.3) is 11.8 Å². The van der Waals surface area contributed by atoms with E-state index in [0.717, 1.165) is 67.1 Å². The van der Waals surface area contributed by atoms with Crippen LogP contribution < -0.4 is 14.9 Å². The van der Waals surface area contributed by atoms with E-state index in [2.05, 4.69) is 43.2 Å². The summed E-state index contributed by atoms with van der Waals surface area (Å²) in [6.07, 6.45) is 5.40. The Labute approximate surface area is 405 Å². The SMILES string of the molecule is CCCOc1cc(C(=O)N(C)Cc2cccc3cn[nH]c23)ccc1-c1ccccc1.CCCOc1cc(C(=O)N(C)Cc2cccc3cn[nH]c23)ccc1Br.I.OB(O)c1ccccc1. The summed E-state index contributed by atoms with van der Waals surface area (Å²) < 4.78 is 12.5. The third kappa shape index (κ3) is 13.5. The van der Waals surface area contributed by atoms with Gasteiger partial charge in [-0.25, -0.2) is 0 Å². The lowest BCUT2D eigenvalue weighted by atomic mass is 9.81. The lowest BCUT2D eigenvalue weighted by molar-refractivity contribution is 0.0778. The number of hydrogen-bond acceptors (Lipinski definition) is 8. The van der Waals surface area contributed by atoms with Gasteiger partial charge in [-0.3, -0.25) is 19.8 Å². The molecule has 2 amide bonds. The number of amides is 2. The van der Waals surface area contributed by atoms with Crippen LogP contribution >= 0.6 is 39.9 Å². The van der Waals surface area contributed by atoms with E-state index in [-0.39, 0.29) is 35.8 Å². The molecule has 0 bridgehead atoms. The lowest BCUT2D eigenvalue weighted by Crippen LogP contribution is -2.29. The van der Waals surface area contributed by atoms with Crippen molar-refractivity contribution in [3.05, 3.63) is 173 Å². The van der Waals surface area contributed by atoms with Gasteiger partial charge in [-0.1, -0.05) is 111 Å². The van der Waals surface area contributed by atoms with Crippen molar-refractivity contribution in [1.29, 1.82) is 0 Å². The molecule has 0 saturated carbocycles. The summed E-state index contributed by atoms with van der Waals surface area (Å²) in [7, 11) is 2.27. The summed E-state index contributed by atoms with van der Waals surface area (Å²) in [6, 6.07) is 41.9. The second-order valence-corrected chi connectivity index (χ2v) is 15.9. The zero-order valence-electron chi connectivity index (χ0n) is 36.8. The number of ether oxygens (including phenoxy) is 2. The van der Waals surface area contributed by atoms with Crippen molar-refractivity contribution in [3.8, 4) is 22.6 Å². The molecule has 8 aromatic rings. The molecule has 12 nitrogen and oxygen atoms in total. The van der Waals surface area contributed by atoms with Gasteiger partial charge in [0.1, 0.15) is 11.5 Å². The molecule has 8 rings (SSSR count). The Kier molecular flexibility index (Phi) is 19.1. The molecular formula is C50H53BBrIN6O6. The van der Waals surface area contributed by atoms with Crippen LogP contribution in [0.15, 0.2) is 150 Å². The minimum absolute atomic E-state index is 0. The highest BCUT2D eigenvalue weighted by Gasteiger charge is 2.18. The molecule has 0 aliphatic carbocycles. The molecule has 15 heteroatoms. The van der Waals surface area contributed by atoms with Crippen molar-refractivity contribution >= 4 is 86.1 Å². The number of hydrogen-bond donors (Lipinski definition) is 4. The second-order valence-electron chi connectivity index (χ2n) is 15.0. The molecule has 2 heterocycles. The predicted molar refractivity (Wildman–Crippen MR) is 273 cm³/mol. The number of H-pyrrole nitrogens is 2. The van der Waals surface area contributed by atoms with E-state index in [1.54, 1.807) is 65.6 Å². The Morgan fingerprint density at radius 1 is 0.631 bits per heavy atom. The molecule has 0 radical (unpaired) electrons. The van der Waals surface area contributed by atoms with Gasteiger partial charge in [-0.15, -0.1) is 24.0 Å². The molecule has 0 spiro atoms. The highest BCUT2D eigenvalue weighted by Crippen LogP contribution is 2.32. The molecule has 2 aromatic heterocycles. The van der Waals surface area contributed by atoms with Crippen molar-refractivity contribution in [2.75, 3.05) is 27.3 Å². The zero-order valence-corrected chi connectivity index (χ0v) is 40.7. The number of para-hydroxylation sites is 2. The van der Waals surface area contributed by atoms with Crippen molar-refractivity contribution in [1.82, 2.24) is 30.2 Å². The fourth-order valence-electron chi connectivity index (χ4n) is 6.85. The van der Waals surface area contributed by atoms with Crippen LogP contribution in [0.2, 0.25) is 0 Å². The predicted octanol–water partition coefficient (Wildman–Crippen LogP) is 9.66. The van der Waals surface area contributed by atoms with E-state index in [9.17, 15) is 9.59 Å². The quantitative estimate of drug-likeness (QED) is 0.0620. The Morgan fingerprint density at radius 3 is 1.60 bits per heavy atom. The van der Waals surface area contributed by atoms with Crippen LogP contribution in [0.1, 0.15) is 58.5 Å². The van der Waals surface area contributed by atoms with Gasteiger partial charge in [-0.2, -0.15) is 10.2 Å². The van der Waals surface area contributed by atoms with Crippen LogP contribution in [0.4, 0.5) is 0 Å². The van der Waals surface area contributed by atoms with Crippen LogP contribution in [-0.2, 0) is 13.1 Å². The van der Waals surface area contributed by atoms with E-state index in [4.69, 9.17) is 19.5 Å². The summed E-state index contributed by atoms with van der Waals surface area (Å²) >= 11 is 3.46. The molecule has 0 aliphatic heterocycles. The molecule has 6 aromatic carbocycles. The Hall–Kier alpha value is -6.01. The fraction of sp³-hybridized carbons (Fsp3) is 0.200. The van der Waals surface area contributed by atoms with Gasteiger partial charge in [0.2, 0.25) is 0 Å². The van der Waals surface area contributed by atoms with Crippen LogP contribution in [0.3, 0.4) is 0 Å². The average Bonchev–Trinajstić information content (AvgIpc) is 4.03. The first-order valence-corrected chi connectivity index (χ1v) is 21.9. The van der Waals surface area contributed by atoms with Crippen LogP contribution in [0, 0.1) is 0 Å². The second kappa shape index (κ2) is 24.9. The maximum absolute atomic E-state index is 13.1. The number of aromatic nitrogens is 4. The summed E-state index contributed by atoms with van der Waals surface area (Å²) in [5, 5.41) is 33.4. The van der Waals surface area contributed by atoms with Crippen LogP contribution in [0.25, 0.3) is 32.9 Å². The van der Waals surface area contributed by atoms with Gasteiger partial charge < -0.3 is 29.3 Å². The monoisotopic (exact) mass is 1050 g/mol. The van der Waals surface area contributed by atoms with Gasteiger partial charge in [0.05, 0.1) is 41.1 Å². The molecule has 336 valence electrons. The van der Waals surface area contributed by atoms with E-state index < -0.39 is 7.12 Å². The molecule has 4 N–H and O–H groups in total. The number of halogens is 2. The molecule has 0 unspecified atom stereocenters. The molecule has 0 fully saturated rings. The van der Waals surface area contributed by atoms with E-state index >= 15 is 0 Å². The van der Waals surface area contributed by atoms with E-state index in [0.29, 0.717) is 48.6 Å². The topological polar surface area (TPSA) is 157 Å². The molecule has 0 saturated heterocycles. The summed E-state index contributed by atoms with van der Waals surface area (Å²) in [6.45, 7) is 6.33. The summed E-state index contributed by atoms with van der Waals surface area (Å²) in [5.74, 6) is 1.33. The van der Waals surface area contributed by atoms with Crippen molar-refractivity contribution in [2.45, 2.75) is 39.8 Å². The number of carbonyl (C=O) groups is 2. The first kappa shape index (κ1) is 50.0. The first-order valence-electron chi connectivity index (χ1n) is 21.1. The molecular weight excluding hydrogens is 998 g/mol. The van der Waals surface area contributed by atoms with Gasteiger partial charge in [0, 0.05) is 54.6 Å². The maximum atomic E-state index is 13.1. The molecule has 0 aliphatic rings. The first-order chi connectivity index (χ1) is 31.1. The maximum Gasteiger partial charge on any atom is 0.488 e. The number of benzene rings is 6. The smallest absolute Gasteiger partial charge is 0.488 e. The number of rotatable bonds is 14. The zero-order chi connectivity index (χ0) is 45.4. The van der Waals surface area contributed by atoms with Crippen LogP contribution in [0.5, 0.6) is 11.5 Å². The minimum atomic E-state index is -1.34. The number of aromatic amines is 2. The van der Waals surface area contributed by atoms with Crippen molar-refractivity contribution < 1.29 is 29.1 Å². The normalized spacial score (nSPS) is 10.4. The highest BCUT2D eigenvalue weighted by atomic mass is 127. The minimum Gasteiger partial charge on any atom is -0.493 e. The van der Waals surface area contributed by atoms with Crippen molar-refractivity contribution in [2.24, 2.45) is 0 Å². The third-order valence-electron chi connectivity index (χ3n) is 10.1. The fourth-order valence-corrected chi connectivity index (χ4v) is 7.21. The lowest BCUT2D eigenvalue weighted by Gasteiger charge is -2.19. The summed E-state index contributed by atoms with van der Waals surface area (Å²) in [4.78, 5) is 29.3. The Morgan fingerprint density at radius 2 is 1.11 bits per heavy atom. The van der Waals surface area contributed by atoms with E-state index in [1.165, 1.54) is 0 Å². The van der Waals surface area contributed by atoms with Crippen LogP contribution in [-0.4, -0.2) is 86.5 Å². The molecule has 65 heavy (non-hydrogen) atoms. The number of nitrogens with zero attached hydrogens (tertiary/aromatic N) is 4. The number of fused-ring (bicyclic) bond motifs is 2. The number of nitrogens with one attached hydrogen (secondary N) is 2. The van der Waals surface area contributed by atoms with Gasteiger partial charge in [-0.05, 0) is 87.3 Å². The molecule has 0 atom stereocenters. The van der Waals surface area contributed by atoms with E-state index in [1.807, 2.05) is 111 Å². The standard InChI is InChI=1S/C25H25N3O2.C19H20BrN3O2.C6H7BO2.HI/c1-3-14-30-23-15-19(12-13-22(23)18-8-5-4-6-9-18)25(29)28(2)17-21-11-7-10-20-16-26-27-24(20)21;1-3-9-25-17-10-13(7-8-16(17)20)19(24)23(2)12-15-6-4-5-14-11-21-22-18(14)15;8-7(9)6-4-2-1-3-5-6;/h4-13,15-16H,3,14,17H2,1-2H3,(H,26,27);4-8,10-11H,3,9,12H2,1-2H3,(H,21,22);1-5,8-9H;1H. The number of carbonyl (C=O) groups excluding carboxylic acids is 2. The summed E-state index contributed by atoms with van der Waals surface area (Å²) in [5.41, 5.74) is 7.79. The average molecular weight is 1050 g/mol. The van der Waals surface area contributed by atoms with Gasteiger partial charge in [0.15, 0.2) is 0 Å².